The molecule has 0 radical (unpaired) electrons. The lowest BCUT2D eigenvalue weighted by molar-refractivity contribution is 1.02. The topological polar surface area (TPSA) is 61.4 Å². The summed E-state index contributed by atoms with van der Waals surface area (Å²) in [4.78, 5) is 23.0. The van der Waals surface area contributed by atoms with Gasteiger partial charge in [0.05, 0.1) is 49.2 Å². The number of rotatable bonds is 7. The van der Waals surface area contributed by atoms with E-state index < -0.39 is 0 Å². The minimum Gasteiger partial charge on any atom is -0.309 e. The SMILES string of the molecule is C1=CCCC(c2nc(-c3ccc4c(c3)c3cc(-c5ccc6c(c5)c5c7ccccc7ccc5n6-c5nc(-c6ccccc6)c6ccc7ccccc7c6n5)ccc3n4-c3ccccc3)nc3cc(-c4ccccc4)sc23)=C1. The van der Waals surface area contributed by atoms with Crippen LogP contribution in [0.4, 0.5) is 0 Å². The molecule has 360 valence electrons. The number of hydrogen-bond donors (Lipinski definition) is 0. The molecule has 7 heteroatoms. The third-order valence-electron chi connectivity index (χ3n) is 15.6. The van der Waals surface area contributed by atoms with Crippen molar-refractivity contribution < 1.29 is 0 Å². The van der Waals surface area contributed by atoms with Crippen molar-refractivity contribution in [3.63, 3.8) is 0 Å². The summed E-state index contributed by atoms with van der Waals surface area (Å²) in [5.74, 6) is 1.37. The van der Waals surface area contributed by atoms with E-state index in [0.29, 0.717) is 5.95 Å². The first-order valence-corrected chi connectivity index (χ1v) is 27.1. The molecule has 15 aromatic rings. The summed E-state index contributed by atoms with van der Waals surface area (Å²) in [7, 11) is 0. The summed E-state index contributed by atoms with van der Waals surface area (Å²) in [6, 6.07) is 80.7. The Morgan fingerprint density at radius 3 is 1.75 bits per heavy atom. The highest BCUT2D eigenvalue weighted by Gasteiger charge is 2.23. The zero-order chi connectivity index (χ0) is 50.6. The van der Waals surface area contributed by atoms with Crippen LogP contribution in [0.3, 0.4) is 0 Å². The summed E-state index contributed by atoms with van der Waals surface area (Å²) in [5, 5.41) is 10.3. The van der Waals surface area contributed by atoms with E-state index in [1.165, 1.54) is 32.2 Å². The number of para-hydroxylation sites is 1. The number of hydrogen-bond acceptors (Lipinski definition) is 5. The van der Waals surface area contributed by atoms with Gasteiger partial charge in [0, 0.05) is 54.0 Å². The highest BCUT2D eigenvalue weighted by molar-refractivity contribution is 7.22. The molecule has 0 saturated heterocycles. The van der Waals surface area contributed by atoms with E-state index >= 15 is 0 Å². The maximum Gasteiger partial charge on any atom is 0.235 e. The molecule has 0 spiro atoms. The Morgan fingerprint density at radius 2 is 1.01 bits per heavy atom. The van der Waals surface area contributed by atoms with Crippen LogP contribution in [0.2, 0.25) is 0 Å². The number of benzene rings is 10. The summed E-state index contributed by atoms with van der Waals surface area (Å²) >= 11 is 1.78. The minimum absolute atomic E-state index is 0.639. The zero-order valence-electron chi connectivity index (χ0n) is 41.6. The Kier molecular flexibility index (Phi) is 9.84. The average molecular weight is 1000 g/mol. The minimum atomic E-state index is 0.639. The van der Waals surface area contributed by atoms with Gasteiger partial charge in [0.2, 0.25) is 5.95 Å². The number of nitrogens with zero attached hydrogens (tertiary/aromatic N) is 6. The van der Waals surface area contributed by atoms with Gasteiger partial charge < -0.3 is 4.57 Å². The quantitative estimate of drug-likeness (QED) is 0.149. The zero-order valence-corrected chi connectivity index (χ0v) is 42.4. The van der Waals surface area contributed by atoms with Gasteiger partial charge in [-0.15, -0.1) is 11.3 Å². The molecule has 0 N–H and O–H groups in total. The van der Waals surface area contributed by atoms with Gasteiger partial charge in [-0.1, -0.05) is 170 Å². The molecule has 6 nitrogen and oxygen atoms in total. The van der Waals surface area contributed by atoms with E-state index in [1.54, 1.807) is 11.3 Å². The van der Waals surface area contributed by atoms with Crippen molar-refractivity contribution in [1.82, 2.24) is 29.1 Å². The predicted molar refractivity (Wildman–Crippen MR) is 322 cm³/mol. The summed E-state index contributed by atoms with van der Waals surface area (Å²) in [5.41, 5.74) is 16.0. The molecule has 1 aliphatic carbocycles. The molecule has 5 heterocycles. The molecule has 10 aromatic carbocycles. The third-order valence-corrected chi connectivity index (χ3v) is 16.8. The Morgan fingerprint density at radius 1 is 0.403 bits per heavy atom. The normalized spacial score (nSPS) is 12.9. The van der Waals surface area contributed by atoms with Crippen LogP contribution >= 0.6 is 11.3 Å². The second-order valence-electron chi connectivity index (χ2n) is 20.0. The predicted octanol–water partition coefficient (Wildman–Crippen LogP) is 18.5. The van der Waals surface area contributed by atoms with Crippen molar-refractivity contribution in [2.45, 2.75) is 12.8 Å². The van der Waals surface area contributed by atoms with E-state index in [1.807, 2.05) is 0 Å². The second-order valence-corrected chi connectivity index (χ2v) is 21.1. The molecular weight excluding hydrogens is 957 g/mol. The number of aromatic nitrogens is 6. The van der Waals surface area contributed by atoms with Crippen LogP contribution in [0.1, 0.15) is 18.5 Å². The first kappa shape index (κ1) is 43.6. The lowest BCUT2D eigenvalue weighted by Gasteiger charge is -2.13. The molecule has 0 bridgehead atoms. The van der Waals surface area contributed by atoms with Crippen molar-refractivity contribution in [3.05, 3.63) is 248 Å². The van der Waals surface area contributed by atoms with Crippen LogP contribution in [0.25, 0.3) is 148 Å². The van der Waals surface area contributed by atoms with Crippen LogP contribution in [-0.2, 0) is 0 Å². The van der Waals surface area contributed by atoms with Gasteiger partial charge in [-0.2, -0.15) is 0 Å². The van der Waals surface area contributed by atoms with Gasteiger partial charge in [0.25, 0.3) is 0 Å². The molecule has 0 amide bonds. The monoisotopic (exact) mass is 1000 g/mol. The molecule has 0 aliphatic heterocycles. The molecule has 16 rings (SSSR count). The average Bonchev–Trinajstić information content (AvgIpc) is 4.31. The van der Waals surface area contributed by atoms with E-state index in [4.69, 9.17) is 19.9 Å². The van der Waals surface area contributed by atoms with Gasteiger partial charge in [0.15, 0.2) is 5.82 Å². The Labute approximate surface area is 446 Å². The first-order valence-electron chi connectivity index (χ1n) is 26.3. The maximum absolute atomic E-state index is 5.50. The molecule has 1 aliphatic rings. The van der Waals surface area contributed by atoms with E-state index in [9.17, 15) is 0 Å². The van der Waals surface area contributed by atoms with Crippen LogP contribution in [-0.4, -0.2) is 29.1 Å². The number of thiophene rings is 1. The van der Waals surface area contributed by atoms with Crippen molar-refractivity contribution in [2.24, 2.45) is 0 Å². The fourth-order valence-electron chi connectivity index (χ4n) is 12.0. The smallest absolute Gasteiger partial charge is 0.235 e. The third kappa shape index (κ3) is 7.01. The molecule has 0 saturated carbocycles. The molecule has 5 aromatic heterocycles. The lowest BCUT2D eigenvalue weighted by Crippen LogP contribution is -2.03. The molecule has 77 heavy (non-hydrogen) atoms. The molecular formula is C70H44N6S. The highest BCUT2D eigenvalue weighted by atomic mass is 32.1. The van der Waals surface area contributed by atoms with Gasteiger partial charge in [0.1, 0.15) is 0 Å². The summed E-state index contributed by atoms with van der Waals surface area (Å²) in [6.45, 7) is 0. The maximum atomic E-state index is 5.50. The standard InChI is InChI=1S/C70H44N6S/c1-5-19-45(20-6-1)63-42-58-68(77-63)66(47-23-9-3-10-24-47)72-69(71-58)50-33-37-60-56(41-50)55-39-48(31-35-59(55)75(60)51-25-11-4-12-26-51)49-32-36-61-57(40-49)64-52-27-15-13-17-43(52)30-38-62(64)76(61)70-73-65(46-21-7-2-8-22-46)54-34-29-44-18-14-16-28-53(44)67(54)74-70/h1-9,11-23,25-42H,10,24H2. The van der Waals surface area contributed by atoms with E-state index in [-0.39, 0.29) is 0 Å². The van der Waals surface area contributed by atoms with Crippen LogP contribution in [0, 0.1) is 0 Å². The molecule has 0 unspecified atom stereocenters. The first-order chi connectivity index (χ1) is 38.2. The lowest BCUT2D eigenvalue weighted by atomic mass is 9.98. The number of allylic oxidation sites excluding steroid dienone is 4. The fourth-order valence-corrected chi connectivity index (χ4v) is 13.1. The van der Waals surface area contributed by atoms with Crippen LogP contribution in [0.15, 0.2) is 243 Å². The van der Waals surface area contributed by atoms with E-state index in [2.05, 4.69) is 252 Å². The van der Waals surface area contributed by atoms with Crippen molar-refractivity contribution in [3.8, 4) is 55.8 Å². The van der Waals surface area contributed by atoms with Gasteiger partial charge in [-0.25, -0.2) is 19.9 Å². The van der Waals surface area contributed by atoms with Crippen molar-refractivity contribution in [1.29, 1.82) is 0 Å². The fraction of sp³-hybridized carbons (Fsp3) is 0.0286. The van der Waals surface area contributed by atoms with E-state index in [0.717, 1.165) is 128 Å². The van der Waals surface area contributed by atoms with Gasteiger partial charge >= 0.3 is 0 Å². The number of fused-ring (bicyclic) bond motifs is 12. The van der Waals surface area contributed by atoms with Crippen molar-refractivity contribution in [2.75, 3.05) is 0 Å². The highest BCUT2D eigenvalue weighted by Crippen LogP contribution is 2.44. The summed E-state index contributed by atoms with van der Waals surface area (Å²) in [6.07, 6.45) is 8.57. The summed E-state index contributed by atoms with van der Waals surface area (Å²) < 4.78 is 5.79. The Hall–Kier alpha value is -9.82. The van der Waals surface area contributed by atoms with Gasteiger partial charge in [-0.3, -0.25) is 4.57 Å². The van der Waals surface area contributed by atoms with Crippen LogP contribution < -0.4 is 0 Å². The molecule has 0 fully saturated rings. The van der Waals surface area contributed by atoms with Crippen molar-refractivity contribution >= 4 is 103 Å². The van der Waals surface area contributed by atoms with Crippen LogP contribution in [0.5, 0.6) is 0 Å². The Balaban J connectivity index is 0.905. The van der Waals surface area contributed by atoms with Gasteiger partial charge in [-0.05, 0) is 124 Å². The molecule has 0 atom stereocenters. The largest absolute Gasteiger partial charge is 0.309 e. The Bertz CT molecular complexity index is 4970. The second kappa shape index (κ2) is 17.4.